The minimum atomic E-state index is -0.0428. The molecule has 0 unspecified atom stereocenters. The summed E-state index contributed by atoms with van der Waals surface area (Å²) < 4.78 is 0. The van der Waals surface area contributed by atoms with E-state index < -0.39 is 0 Å². The van der Waals surface area contributed by atoms with Gasteiger partial charge in [-0.05, 0) is 43.7 Å². The largest absolute Gasteiger partial charge is 0.327 e. The summed E-state index contributed by atoms with van der Waals surface area (Å²) >= 11 is 0. The highest BCUT2D eigenvalue weighted by Crippen LogP contribution is 2.10. The van der Waals surface area contributed by atoms with Crippen LogP contribution in [0.5, 0.6) is 0 Å². The number of amides is 1. The summed E-state index contributed by atoms with van der Waals surface area (Å²) in [5.41, 5.74) is 7.18. The molecule has 0 aromatic heterocycles. The number of nitrogens with two attached hydrogens (primary N) is 1. The molecule has 1 atom stereocenters. The molecule has 5 nitrogen and oxygen atoms in total. The van der Waals surface area contributed by atoms with Crippen molar-refractivity contribution in [1.82, 2.24) is 4.90 Å². The minimum absolute atomic E-state index is 0.0428. The van der Waals surface area contributed by atoms with Crippen LogP contribution in [-0.2, 0) is 4.79 Å². The summed E-state index contributed by atoms with van der Waals surface area (Å²) in [7, 11) is 0. The fraction of sp³-hybridized carbons (Fsp3) is 0.429. The highest BCUT2D eigenvalue weighted by Gasteiger charge is 2.18. The molecule has 100 valence electrons. The van der Waals surface area contributed by atoms with Gasteiger partial charge in [-0.15, -0.1) is 0 Å². The lowest BCUT2D eigenvalue weighted by molar-refractivity contribution is -0.117. The third kappa shape index (κ3) is 4.05. The van der Waals surface area contributed by atoms with Crippen LogP contribution in [0.15, 0.2) is 24.3 Å². The van der Waals surface area contributed by atoms with E-state index in [1.54, 1.807) is 24.3 Å². The fourth-order valence-corrected chi connectivity index (χ4v) is 2.27. The van der Waals surface area contributed by atoms with Crippen LogP contribution in [0, 0.1) is 11.3 Å². The van der Waals surface area contributed by atoms with Crippen molar-refractivity contribution < 1.29 is 4.79 Å². The molecule has 1 aliphatic heterocycles. The third-order valence-corrected chi connectivity index (χ3v) is 3.21. The first-order valence-electron chi connectivity index (χ1n) is 6.45. The lowest BCUT2D eigenvalue weighted by Gasteiger charge is -2.29. The predicted molar refractivity (Wildman–Crippen MR) is 73.4 cm³/mol. The Balaban J connectivity index is 1.85. The number of hydrogen-bond acceptors (Lipinski definition) is 4. The molecule has 2 rings (SSSR count). The summed E-state index contributed by atoms with van der Waals surface area (Å²) in [6.45, 7) is 2.07. The summed E-state index contributed by atoms with van der Waals surface area (Å²) in [6, 6.07) is 9.06. The van der Waals surface area contributed by atoms with Gasteiger partial charge in [0.05, 0.1) is 18.2 Å². The van der Waals surface area contributed by atoms with E-state index in [0.29, 0.717) is 17.8 Å². The van der Waals surface area contributed by atoms with E-state index in [2.05, 4.69) is 10.2 Å². The topological polar surface area (TPSA) is 82.2 Å². The molecular weight excluding hydrogens is 240 g/mol. The Morgan fingerprint density at radius 3 is 2.84 bits per heavy atom. The molecule has 19 heavy (non-hydrogen) atoms. The number of benzene rings is 1. The maximum Gasteiger partial charge on any atom is 0.238 e. The van der Waals surface area contributed by atoms with Gasteiger partial charge in [0.25, 0.3) is 0 Å². The number of rotatable bonds is 3. The van der Waals surface area contributed by atoms with Gasteiger partial charge in [-0.1, -0.05) is 0 Å². The second kappa shape index (κ2) is 6.32. The van der Waals surface area contributed by atoms with E-state index in [4.69, 9.17) is 11.0 Å². The average molecular weight is 258 g/mol. The zero-order chi connectivity index (χ0) is 13.7. The van der Waals surface area contributed by atoms with Crippen LogP contribution in [0.4, 0.5) is 5.69 Å². The number of piperidine rings is 1. The number of carbonyl (C=O) groups excluding carboxylic acids is 1. The lowest BCUT2D eigenvalue weighted by atomic mass is 10.1. The first-order chi connectivity index (χ1) is 9.17. The molecule has 1 heterocycles. The average Bonchev–Trinajstić information content (AvgIpc) is 2.39. The van der Waals surface area contributed by atoms with E-state index in [0.717, 1.165) is 25.9 Å². The third-order valence-electron chi connectivity index (χ3n) is 3.21. The molecule has 1 aromatic carbocycles. The van der Waals surface area contributed by atoms with Crippen LogP contribution in [0.2, 0.25) is 0 Å². The Kier molecular flexibility index (Phi) is 4.50. The number of nitrogens with zero attached hydrogens (tertiary/aromatic N) is 2. The Bertz CT molecular complexity index is 477. The smallest absolute Gasteiger partial charge is 0.238 e. The molecule has 0 saturated carbocycles. The van der Waals surface area contributed by atoms with Crippen molar-refractivity contribution in [2.45, 2.75) is 18.9 Å². The molecule has 0 radical (unpaired) electrons. The van der Waals surface area contributed by atoms with E-state index in [-0.39, 0.29) is 11.9 Å². The van der Waals surface area contributed by atoms with Crippen molar-refractivity contribution in [1.29, 1.82) is 5.26 Å². The van der Waals surface area contributed by atoms with Crippen LogP contribution in [0.1, 0.15) is 18.4 Å². The number of nitriles is 1. The molecule has 0 aliphatic carbocycles. The zero-order valence-electron chi connectivity index (χ0n) is 10.8. The van der Waals surface area contributed by atoms with E-state index in [9.17, 15) is 4.79 Å². The van der Waals surface area contributed by atoms with Crippen molar-refractivity contribution in [3.63, 3.8) is 0 Å². The second-order valence-electron chi connectivity index (χ2n) is 4.87. The van der Waals surface area contributed by atoms with E-state index in [1.807, 2.05) is 6.07 Å². The van der Waals surface area contributed by atoms with Crippen molar-refractivity contribution in [2.75, 3.05) is 25.0 Å². The summed E-state index contributed by atoms with van der Waals surface area (Å²) in [4.78, 5) is 14.0. The van der Waals surface area contributed by atoms with Gasteiger partial charge in [0.15, 0.2) is 0 Å². The van der Waals surface area contributed by atoms with Gasteiger partial charge in [-0.3, -0.25) is 9.69 Å². The Hall–Kier alpha value is -1.90. The summed E-state index contributed by atoms with van der Waals surface area (Å²) in [5, 5.41) is 11.5. The molecule has 1 amide bonds. The van der Waals surface area contributed by atoms with Gasteiger partial charge in [0.1, 0.15) is 0 Å². The molecule has 5 heteroatoms. The first kappa shape index (κ1) is 13.5. The Morgan fingerprint density at radius 1 is 1.47 bits per heavy atom. The molecule has 1 saturated heterocycles. The second-order valence-corrected chi connectivity index (χ2v) is 4.87. The van der Waals surface area contributed by atoms with Crippen LogP contribution in [0.3, 0.4) is 0 Å². The molecule has 0 spiro atoms. The van der Waals surface area contributed by atoms with Crippen LogP contribution >= 0.6 is 0 Å². The highest BCUT2D eigenvalue weighted by atomic mass is 16.2. The van der Waals surface area contributed by atoms with E-state index in [1.165, 1.54) is 0 Å². The van der Waals surface area contributed by atoms with Crippen molar-refractivity contribution in [2.24, 2.45) is 5.73 Å². The molecular formula is C14H18N4O. The van der Waals surface area contributed by atoms with Crippen molar-refractivity contribution >= 4 is 11.6 Å². The summed E-state index contributed by atoms with van der Waals surface area (Å²) in [5.74, 6) is -0.0428. The molecule has 1 fully saturated rings. The van der Waals surface area contributed by atoms with Gasteiger partial charge in [-0.2, -0.15) is 5.26 Å². The molecule has 3 N–H and O–H groups in total. The van der Waals surface area contributed by atoms with Gasteiger partial charge in [0.2, 0.25) is 5.91 Å². The van der Waals surface area contributed by atoms with Crippen LogP contribution in [0.25, 0.3) is 0 Å². The van der Waals surface area contributed by atoms with Gasteiger partial charge < -0.3 is 11.1 Å². The fourth-order valence-electron chi connectivity index (χ4n) is 2.27. The Labute approximate surface area is 113 Å². The lowest BCUT2D eigenvalue weighted by Crippen LogP contribution is -2.45. The SMILES string of the molecule is N#Cc1ccc(NC(=O)CN2CCC[C@@H](N)C2)cc1. The number of anilines is 1. The monoisotopic (exact) mass is 258 g/mol. The number of hydrogen-bond donors (Lipinski definition) is 2. The number of nitrogens with one attached hydrogen (secondary N) is 1. The first-order valence-corrected chi connectivity index (χ1v) is 6.45. The number of carbonyl (C=O) groups is 1. The van der Waals surface area contributed by atoms with Crippen LogP contribution in [-0.4, -0.2) is 36.5 Å². The molecule has 1 aromatic rings. The summed E-state index contributed by atoms with van der Waals surface area (Å²) in [6.07, 6.45) is 2.08. The highest BCUT2D eigenvalue weighted by molar-refractivity contribution is 5.92. The van der Waals surface area contributed by atoms with Gasteiger partial charge >= 0.3 is 0 Å². The van der Waals surface area contributed by atoms with Crippen LogP contribution < -0.4 is 11.1 Å². The standard InChI is InChI=1S/C14H18N4O/c15-8-11-3-5-13(6-4-11)17-14(19)10-18-7-1-2-12(16)9-18/h3-6,12H,1-2,7,9-10,16H2,(H,17,19)/t12-/m1/s1. The van der Waals surface area contributed by atoms with Crippen molar-refractivity contribution in [3.8, 4) is 6.07 Å². The van der Waals surface area contributed by atoms with Gasteiger partial charge in [0, 0.05) is 18.3 Å². The normalized spacial score (nSPS) is 19.7. The maximum atomic E-state index is 11.9. The Morgan fingerprint density at radius 2 is 2.21 bits per heavy atom. The zero-order valence-corrected chi connectivity index (χ0v) is 10.8. The maximum absolute atomic E-state index is 11.9. The predicted octanol–water partition coefficient (Wildman–Crippen LogP) is 0.920. The molecule has 1 aliphatic rings. The van der Waals surface area contributed by atoms with E-state index >= 15 is 0 Å². The van der Waals surface area contributed by atoms with Crippen molar-refractivity contribution in [3.05, 3.63) is 29.8 Å². The minimum Gasteiger partial charge on any atom is -0.327 e. The quantitative estimate of drug-likeness (QED) is 0.844. The molecule has 0 bridgehead atoms. The van der Waals surface area contributed by atoms with Gasteiger partial charge in [-0.25, -0.2) is 0 Å². The number of likely N-dealkylation sites (tertiary alicyclic amines) is 1.